The molecule has 0 bridgehead atoms. The quantitative estimate of drug-likeness (QED) is 0.250. The highest BCUT2D eigenvalue weighted by Crippen LogP contribution is 2.49. The molecule has 2 amide bonds. The third kappa shape index (κ3) is 6.06. The fourth-order valence-corrected chi connectivity index (χ4v) is 6.67. The first-order valence-electron chi connectivity index (χ1n) is 12.6. The van der Waals surface area contributed by atoms with E-state index in [-0.39, 0.29) is 29.4 Å². The number of carbonyl (C=O) groups excluding carboxylic acids is 2. The highest BCUT2D eigenvalue weighted by Gasteiger charge is 2.38. The summed E-state index contributed by atoms with van der Waals surface area (Å²) in [5.41, 5.74) is 4.59. The summed E-state index contributed by atoms with van der Waals surface area (Å²) in [5, 5.41) is 10.4. The van der Waals surface area contributed by atoms with Crippen LogP contribution in [0.3, 0.4) is 0 Å². The van der Waals surface area contributed by atoms with Gasteiger partial charge in [-0.1, -0.05) is 47.5 Å². The predicted octanol–water partition coefficient (Wildman–Crippen LogP) is 5.88. The molecular formula is C29H29ClN4O3S2. The summed E-state index contributed by atoms with van der Waals surface area (Å²) in [5.74, 6) is 0.435. The fraction of sp³-hybridized carbons (Fsp3) is 0.276. The number of anilines is 1. The first kappa shape index (κ1) is 27.5. The van der Waals surface area contributed by atoms with Crippen LogP contribution in [0.2, 0.25) is 5.02 Å². The minimum absolute atomic E-state index is 0.108. The lowest BCUT2D eigenvalue weighted by Crippen LogP contribution is -2.42. The van der Waals surface area contributed by atoms with Crippen LogP contribution in [0.15, 0.2) is 66.0 Å². The van der Waals surface area contributed by atoms with Crippen LogP contribution in [0.5, 0.6) is 0 Å². The Bertz CT molecular complexity index is 1450. The minimum atomic E-state index is -0.231. The van der Waals surface area contributed by atoms with Crippen LogP contribution in [0.4, 0.5) is 5.82 Å². The van der Waals surface area contributed by atoms with E-state index in [1.807, 2.05) is 77.6 Å². The molecule has 0 radical (unpaired) electrons. The second-order valence-electron chi connectivity index (χ2n) is 9.23. The molecule has 1 unspecified atom stereocenters. The van der Waals surface area contributed by atoms with Crippen LogP contribution in [0.1, 0.15) is 28.4 Å². The summed E-state index contributed by atoms with van der Waals surface area (Å²) in [6, 6.07) is 19.8. The van der Waals surface area contributed by atoms with Crippen molar-refractivity contribution in [2.24, 2.45) is 0 Å². The zero-order chi connectivity index (χ0) is 27.4. The molecule has 1 aliphatic heterocycles. The van der Waals surface area contributed by atoms with E-state index >= 15 is 0 Å². The summed E-state index contributed by atoms with van der Waals surface area (Å²) in [7, 11) is 1.63. The van der Waals surface area contributed by atoms with E-state index in [9.17, 15) is 9.59 Å². The van der Waals surface area contributed by atoms with E-state index in [4.69, 9.17) is 21.4 Å². The maximum Gasteiger partial charge on any atom is 0.240 e. The molecule has 4 aromatic rings. The Kier molecular flexibility index (Phi) is 8.72. The average Bonchev–Trinajstić information content (AvgIpc) is 3.56. The Morgan fingerprint density at radius 1 is 1.18 bits per heavy atom. The van der Waals surface area contributed by atoms with Gasteiger partial charge in [-0.15, -0.1) is 23.1 Å². The number of ether oxygens (including phenoxy) is 1. The molecule has 2 aromatic carbocycles. The van der Waals surface area contributed by atoms with Crippen molar-refractivity contribution in [3.63, 3.8) is 0 Å². The molecule has 0 spiro atoms. The second kappa shape index (κ2) is 12.4. The van der Waals surface area contributed by atoms with Crippen LogP contribution in [0, 0.1) is 6.92 Å². The molecule has 2 aromatic heterocycles. The summed E-state index contributed by atoms with van der Waals surface area (Å²) >= 11 is 9.54. The monoisotopic (exact) mass is 580 g/mol. The van der Waals surface area contributed by atoms with Gasteiger partial charge in [0, 0.05) is 30.8 Å². The number of halogens is 1. The Morgan fingerprint density at radius 3 is 2.72 bits per heavy atom. The molecule has 202 valence electrons. The van der Waals surface area contributed by atoms with E-state index in [2.05, 4.69) is 5.32 Å². The number of nitrogens with zero attached hydrogens (tertiary/aromatic N) is 3. The normalized spacial score (nSPS) is 15.2. The minimum Gasteiger partial charge on any atom is -0.385 e. The summed E-state index contributed by atoms with van der Waals surface area (Å²) in [6.07, 6.45) is 0.692. The largest absolute Gasteiger partial charge is 0.385 e. The second-order valence-corrected chi connectivity index (χ2v) is 11.7. The third-order valence-corrected chi connectivity index (χ3v) is 8.79. The molecule has 0 saturated carbocycles. The average molecular weight is 581 g/mol. The Labute approximate surface area is 241 Å². The number of hydrogen-bond donors (Lipinski definition) is 1. The van der Waals surface area contributed by atoms with Gasteiger partial charge < -0.3 is 10.1 Å². The van der Waals surface area contributed by atoms with Gasteiger partial charge in [0.05, 0.1) is 21.6 Å². The number of nitrogens with one attached hydrogen (secondary N) is 1. The van der Waals surface area contributed by atoms with Gasteiger partial charge in [0.2, 0.25) is 11.8 Å². The van der Waals surface area contributed by atoms with E-state index < -0.39 is 0 Å². The maximum atomic E-state index is 13.7. The number of aromatic nitrogens is 2. The van der Waals surface area contributed by atoms with Gasteiger partial charge in [-0.05, 0) is 54.6 Å². The highest BCUT2D eigenvalue weighted by molar-refractivity contribution is 8.00. The number of thioether (sulfide) groups is 1. The number of fused-ring (bicyclic) bond motifs is 1. The van der Waals surface area contributed by atoms with Crippen molar-refractivity contribution < 1.29 is 14.3 Å². The molecule has 7 nitrogen and oxygen atoms in total. The van der Waals surface area contributed by atoms with Crippen LogP contribution in [0.25, 0.3) is 16.3 Å². The lowest BCUT2D eigenvalue weighted by molar-refractivity contribution is -0.122. The van der Waals surface area contributed by atoms with Gasteiger partial charge in [-0.3, -0.25) is 14.5 Å². The topological polar surface area (TPSA) is 76.5 Å². The molecule has 1 aliphatic rings. The van der Waals surface area contributed by atoms with Crippen LogP contribution >= 0.6 is 34.7 Å². The zero-order valence-electron chi connectivity index (χ0n) is 21.7. The van der Waals surface area contributed by atoms with Crippen molar-refractivity contribution >= 4 is 52.3 Å². The van der Waals surface area contributed by atoms with Crippen LogP contribution < -0.4 is 10.2 Å². The van der Waals surface area contributed by atoms with Gasteiger partial charge in [0.15, 0.2) is 0 Å². The van der Waals surface area contributed by atoms with Gasteiger partial charge in [-0.2, -0.15) is 5.10 Å². The van der Waals surface area contributed by atoms with Gasteiger partial charge in [0.1, 0.15) is 18.1 Å². The van der Waals surface area contributed by atoms with E-state index in [0.717, 1.165) is 32.9 Å². The number of thiophene rings is 1. The molecule has 3 heterocycles. The van der Waals surface area contributed by atoms with Gasteiger partial charge in [-0.25, -0.2) is 4.68 Å². The lowest BCUT2D eigenvalue weighted by Gasteiger charge is -2.23. The Hall–Kier alpha value is -3.11. The third-order valence-electron chi connectivity index (χ3n) is 6.42. The van der Waals surface area contributed by atoms with Crippen molar-refractivity contribution in [1.82, 2.24) is 15.1 Å². The molecule has 1 N–H and O–H groups in total. The summed E-state index contributed by atoms with van der Waals surface area (Å²) in [6.45, 7) is 2.94. The summed E-state index contributed by atoms with van der Waals surface area (Å²) in [4.78, 5) is 29.3. The molecule has 1 atom stereocenters. The van der Waals surface area contributed by atoms with Crippen molar-refractivity contribution in [1.29, 1.82) is 0 Å². The number of benzene rings is 2. The SMILES string of the molecule is COCCCNC(=O)CN1C(=O)CSC(c2cccc(Cl)c2)c2c(-c3cccs3)nn(-c3ccc(C)cc3)c21. The summed E-state index contributed by atoms with van der Waals surface area (Å²) < 4.78 is 6.90. The smallest absolute Gasteiger partial charge is 0.240 e. The molecule has 0 fully saturated rings. The zero-order valence-corrected chi connectivity index (χ0v) is 24.1. The standard InChI is InChI=1S/C29H29ClN4O3S2/c1-19-9-11-22(12-10-19)34-29-26(27(32-34)23-8-4-15-38-23)28(20-6-3-7-21(30)16-20)39-18-25(36)33(29)17-24(35)31-13-5-14-37-2/h3-4,6-12,15-16,28H,5,13-14,17-18H2,1-2H3,(H,31,35). The lowest BCUT2D eigenvalue weighted by atomic mass is 10.0. The van der Waals surface area contributed by atoms with Crippen molar-refractivity contribution in [2.45, 2.75) is 18.6 Å². The number of aryl methyl sites for hydroxylation is 1. The Morgan fingerprint density at radius 2 is 2.00 bits per heavy atom. The molecular weight excluding hydrogens is 552 g/mol. The van der Waals surface area contributed by atoms with Gasteiger partial charge in [0.25, 0.3) is 0 Å². The number of hydrogen-bond acceptors (Lipinski definition) is 6. The Balaban J connectivity index is 1.69. The number of rotatable bonds is 9. The predicted molar refractivity (Wildman–Crippen MR) is 159 cm³/mol. The fourth-order valence-electron chi connectivity index (χ4n) is 4.56. The van der Waals surface area contributed by atoms with E-state index in [1.54, 1.807) is 23.3 Å². The van der Waals surface area contributed by atoms with E-state index in [0.29, 0.717) is 30.4 Å². The molecule has 0 saturated heterocycles. The van der Waals surface area contributed by atoms with Crippen molar-refractivity contribution in [3.05, 3.63) is 87.8 Å². The number of methoxy groups -OCH3 is 1. The van der Waals surface area contributed by atoms with E-state index in [1.165, 1.54) is 11.8 Å². The van der Waals surface area contributed by atoms with Crippen molar-refractivity contribution in [3.8, 4) is 16.3 Å². The molecule has 39 heavy (non-hydrogen) atoms. The first-order chi connectivity index (χ1) is 19.0. The maximum absolute atomic E-state index is 13.7. The number of carbonyl (C=O) groups is 2. The van der Waals surface area contributed by atoms with Crippen LogP contribution in [-0.2, 0) is 14.3 Å². The van der Waals surface area contributed by atoms with Crippen molar-refractivity contribution in [2.75, 3.05) is 37.5 Å². The first-order valence-corrected chi connectivity index (χ1v) is 14.9. The molecule has 10 heteroatoms. The highest BCUT2D eigenvalue weighted by atomic mass is 35.5. The molecule has 5 rings (SSSR count). The molecule has 0 aliphatic carbocycles. The van der Waals surface area contributed by atoms with Gasteiger partial charge >= 0.3 is 0 Å². The number of amides is 2. The van der Waals surface area contributed by atoms with Crippen LogP contribution in [-0.4, -0.2) is 54.2 Å².